The number of hydrogen-bond donors (Lipinski definition) is 1. The Hall–Kier alpha value is -2.37. The summed E-state index contributed by atoms with van der Waals surface area (Å²) in [4.78, 5) is 38.7. The summed E-state index contributed by atoms with van der Waals surface area (Å²) in [5.74, 6) is 0.484. The predicted molar refractivity (Wildman–Crippen MR) is 97.1 cm³/mol. The average Bonchev–Trinajstić information content (AvgIpc) is 2.84. The fraction of sp³-hybridized carbons (Fsp3) is 0.550. The van der Waals surface area contributed by atoms with E-state index in [-0.39, 0.29) is 30.2 Å². The molecular weight excluding hydrogens is 332 g/mol. The summed E-state index contributed by atoms with van der Waals surface area (Å²) >= 11 is 0. The Bertz CT molecular complexity index is 745. The Morgan fingerprint density at radius 2 is 2.12 bits per heavy atom. The highest BCUT2D eigenvalue weighted by molar-refractivity contribution is 6.07. The van der Waals surface area contributed by atoms with E-state index in [9.17, 15) is 14.4 Å². The summed E-state index contributed by atoms with van der Waals surface area (Å²) < 4.78 is 5.63. The number of amides is 3. The third-order valence-corrected chi connectivity index (χ3v) is 5.60. The summed E-state index contributed by atoms with van der Waals surface area (Å²) in [7, 11) is 0. The Morgan fingerprint density at radius 3 is 2.77 bits per heavy atom. The van der Waals surface area contributed by atoms with Gasteiger partial charge in [-0.05, 0) is 50.8 Å². The van der Waals surface area contributed by atoms with Crippen molar-refractivity contribution in [2.24, 2.45) is 5.92 Å². The molecule has 1 spiro atoms. The molecule has 1 N–H and O–H groups in total. The molecule has 1 aromatic rings. The standard InChI is InChI=1S/C20H26N2O4/c1-4-26-17-9-8-15(14(3)23)11-16(17)12-22-18(24)20(21-19(22)25)10-6-5-7-13(20)2/h8-9,11,13H,4-7,10,12H2,1-3H3,(H,21,25). The van der Waals surface area contributed by atoms with E-state index in [1.165, 1.54) is 11.8 Å². The Balaban J connectivity index is 1.91. The normalized spacial score (nSPS) is 25.5. The molecule has 6 heteroatoms. The SMILES string of the molecule is CCOc1ccc(C(C)=O)cc1CN1C(=O)NC2(CCCCC2C)C1=O. The smallest absolute Gasteiger partial charge is 0.325 e. The molecule has 140 valence electrons. The summed E-state index contributed by atoms with van der Waals surface area (Å²) in [5, 5.41) is 2.96. The number of ether oxygens (including phenoxy) is 1. The number of carbonyl (C=O) groups is 3. The molecule has 1 heterocycles. The Kier molecular flexibility index (Phi) is 5.03. The highest BCUT2D eigenvalue weighted by atomic mass is 16.5. The van der Waals surface area contributed by atoms with Gasteiger partial charge in [-0.3, -0.25) is 14.5 Å². The number of imide groups is 1. The van der Waals surface area contributed by atoms with Gasteiger partial charge < -0.3 is 10.1 Å². The van der Waals surface area contributed by atoms with Crippen molar-refractivity contribution in [3.05, 3.63) is 29.3 Å². The number of Topliss-reactive ketones (excluding diaryl/α,β-unsaturated/α-hetero) is 1. The highest BCUT2D eigenvalue weighted by Crippen LogP contribution is 2.39. The number of ketones is 1. The van der Waals surface area contributed by atoms with Crippen LogP contribution in [0.25, 0.3) is 0 Å². The van der Waals surface area contributed by atoms with Crippen molar-refractivity contribution in [3.8, 4) is 5.75 Å². The number of urea groups is 1. The van der Waals surface area contributed by atoms with Crippen molar-refractivity contribution in [2.75, 3.05) is 6.61 Å². The fourth-order valence-electron chi connectivity index (χ4n) is 4.03. The molecule has 3 rings (SSSR count). The van der Waals surface area contributed by atoms with Crippen LogP contribution in [-0.2, 0) is 11.3 Å². The molecule has 1 saturated carbocycles. The molecule has 1 aliphatic heterocycles. The lowest BCUT2D eigenvalue weighted by atomic mass is 9.73. The quantitative estimate of drug-likeness (QED) is 0.647. The van der Waals surface area contributed by atoms with E-state index in [2.05, 4.69) is 5.32 Å². The molecule has 0 aromatic heterocycles. The van der Waals surface area contributed by atoms with E-state index in [1.54, 1.807) is 18.2 Å². The predicted octanol–water partition coefficient (Wildman–Crippen LogP) is 3.29. The second kappa shape index (κ2) is 7.09. The van der Waals surface area contributed by atoms with E-state index in [0.29, 0.717) is 29.9 Å². The van der Waals surface area contributed by atoms with Crippen LogP contribution in [-0.4, -0.2) is 34.8 Å². The van der Waals surface area contributed by atoms with Crippen molar-refractivity contribution in [3.63, 3.8) is 0 Å². The molecule has 2 aliphatic rings. The van der Waals surface area contributed by atoms with Gasteiger partial charge in [-0.2, -0.15) is 0 Å². The number of carbonyl (C=O) groups excluding carboxylic acids is 3. The van der Waals surface area contributed by atoms with Crippen LogP contribution >= 0.6 is 0 Å². The summed E-state index contributed by atoms with van der Waals surface area (Å²) in [6.07, 6.45) is 3.64. The van der Waals surface area contributed by atoms with E-state index >= 15 is 0 Å². The molecule has 3 amide bonds. The zero-order valence-corrected chi connectivity index (χ0v) is 15.6. The monoisotopic (exact) mass is 358 g/mol. The summed E-state index contributed by atoms with van der Waals surface area (Å²) in [6.45, 7) is 5.97. The summed E-state index contributed by atoms with van der Waals surface area (Å²) in [6, 6.07) is 4.78. The van der Waals surface area contributed by atoms with Crippen LogP contribution in [0.1, 0.15) is 62.4 Å². The molecule has 0 bridgehead atoms. The van der Waals surface area contributed by atoms with E-state index in [4.69, 9.17) is 4.74 Å². The molecule has 6 nitrogen and oxygen atoms in total. The number of nitrogens with zero attached hydrogens (tertiary/aromatic N) is 1. The lowest BCUT2D eigenvalue weighted by Gasteiger charge is -2.36. The van der Waals surface area contributed by atoms with Crippen LogP contribution in [0.15, 0.2) is 18.2 Å². The second-order valence-corrected chi connectivity index (χ2v) is 7.25. The first-order valence-corrected chi connectivity index (χ1v) is 9.30. The van der Waals surface area contributed by atoms with Crippen molar-refractivity contribution in [1.29, 1.82) is 0 Å². The van der Waals surface area contributed by atoms with Crippen molar-refractivity contribution >= 4 is 17.7 Å². The first-order chi connectivity index (χ1) is 12.4. The second-order valence-electron chi connectivity index (χ2n) is 7.25. The minimum absolute atomic E-state index is 0.0659. The van der Waals surface area contributed by atoms with Crippen LogP contribution in [0.4, 0.5) is 4.79 Å². The van der Waals surface area contributed by atoms with Crippen LogP contribution in [0.2, 0.25) is 0 Å². The summed E-state index contributed by atoms with van der Waals surface area (Å²) in [5.41, 5.74) is 0.430. The zero-order valence-electron chi connectivity index (χ0n) is 15.6. The van der Waals surface area contributed by atoms with Gasteiger partial charge in [0.05, 0.1) is 13.2 Å². The van der Waals surface area contributed by atoms with Crippen LogP contribution in [0.5, 0.6) is 5.75 Å². The number of rotatable bonds is 5. The first-order valence-electron chi connectivity index (χ1n) is 9.30. The Labute approximate surface area is 153 Å². The minimum Gasteiger partial charge on any atom is -0.494 e. The van der Waals surface area contributed by atoms with E-state index in [1.807, 2.05) is 13.8 Å². The average molecular weight is 358 g/mol. The molecule has 1 saturated heterocycles. The molecule has 26 heavy (non-hydrogen) atoms. The van der Waals surface area contributed by atoms with E-state index in [0.717, 1.165) is 19.3 Å². The maximum absolute atomic E-state index is 13.1. The van der Waals surface area contributed by atoms with E-state index < -0.39 is 5.54 Å². The highest BCUT2D eigenvalue weighted by Gasteiger charge is 2.54. The third kappa shape index (κ3) is 3.08. The molecule has 2 fully saturated rings. The first kappa shape index (κ1) is 18.4. The lowest BCUT2D eigenvalue weighted by molar-refractivity contribution is -0.134. The molecule has 2 unspecified atom stereocenters. The van der Waals surface area contributed by atoms with Gasteiger partial charge in [0.15, 0.2) is 5.78 Å². The van der Waals surface area contributed by atoms with Crippen molar-refractivity contribution < 1.29 is 19.1 Å². The molecule has 2 atom stereocenters. The maximum atomic E-state index is 13.1. The van der Waals surface area contributed by atoms with Crippen molar-refractivity contribution in [2.45, 2.75) is 58.5 Å². The third-order valence-electron chi connectivity index (χ3n) is 5.60. The van der Waals surface area contributed by atoms with Gasteiger partial charge in [0.2, 0.25) is 0 Å². The van der Waals surface area contributed by atoms with Gasteiger partial charge in [0.1, 0.15) is 11.3 Å². The fourth-order valence-corrected chi connectivity index (χ4v) is 4.03. The largest absolute Gasteiger partial charge is 0.494 e. The van der Waals surface area contributed by atoms with Crippen LogP contribution < -0.4 is 10.1 Å². The van der Waals surface area contributed by atoms with Gasteiger partial charge in [-0.15, -0.1) is 0 Å². The van der Waals surface area contributed by atoms with Crippen LogP contribution in [0, 0.1) is 5.92 Å². The van der Waals surface area contributed by atoms with Gasteiger partial charge >= 0.3 is 6.03 Å². The minimum atomic E-state index is -0.778. The number of hydrogen-bond acceptors (Lipinski definition) is 4. The van der Waals surface area contributed by atoms with Crippen LogP contribution in [0.3, 0.4) is 0 Å². The molecular formula is C20H26N2O4. The Morgan fingerprint density at radius 1 is 1.35 bits per heavy atom. The number of nitrogens with one attached hydrogen (secondary N) is 1. The van der Waals surface area contributed by atoms with Gasteiger partial charge in [-0.25, -0.2) is 4.79 Å². The molecule has 0 radical (unpaired) electrons. The molecule has 1 aliphatic carbocycles. The lowest BCUT2D eigenvalue weighted by Crippen LogP contribution is -2.53. The van der Waals surface area contributed by atoms with Gasteiger partial charge in [0, 0.05) is 11.1 Å². The van der Waals surface area contributed by atoms with Gasteiger partial charge in [-0.1, -0.05) is 19.8 Å². The van der Waals surface area contributed by atoms with Gasteiger partial charge in [0.25, 0.3) is 5.91 Å². The molecule has 1 aromatic carbocycles. The zero-order chi connectivity index (χ0) is 18.9. The topological polar surface area (TPSA) is 75.7 Å². The number of benzene rings is 1. The van der Waals surface area contributed by atoms with Crippen molar-refractivity contribution in [1.82, 2.24) is 10.2 Å². The maximum Gasteiger partial charge on any atom is 0.325 e.